The number of esters is 1. The maximum absolute atomic E-state index is 13.1. The van der Waals surface area contributed by atoms with E-state index in [1.807, 2.05) is 20.8 Å². The SMILES string of the molecule is CCC1(N)C(=O)C2OC(C(OC(C)=O)C(C)(C)O)CC(C)C2C1(C)C. The van der Waals surface area contributed by atoms with Crippen LogP contribution in [0.4, 0.5) is 0 Å². The molecule has 3 N–H and O–H groups in total. The second kappa shape index (κ2) is 6.32. The lowest BCUT2D eigenvalue weighted by Gasteiger charge is -2.46. The van der Waals surface area contributed by atoms with Crippen molar-refractivity contribution in [3.05, 3.63) is 0 Å². The van der Waals surface area contributed by atoms with Gasteiger partial charge in [-0.25, -0.2) is 0 Å². The van der Waals surface area contributed by atoms with Crippen molar-refractivity contribution in [1.82, 2.24) is 0 Å². The number of nitrogens with two attached hydrogens (primary N) is 1. The molecule has 25 heavy (non-hydrogen) atoms. The van der Waals surface area contributed by atoms with Crippen LogP contribution in [-0.2, 0) is 19.1 Å². The molecule has 6 nitrogen and oxygen atoms in total. The highest BCUT2D eigenvalue weighted by atomic mass is 16.6. The lowest BCUT2D eigenvalue weighted by Crippen LogP contribution is -2.55. The molecule has 1 heterocycles. The molecule has 0 spiro atoms. The zero-order valence-corrected chi connectivity index (χ0v) is 16.5. The van der Waals surface area contributed by atoms with Crippen LogP contribution in [-0.4, -0.2) is 46.3 Å². The van der Waals surface area contributed by atoms with E-state index in [0.29, 0.717) is 12.8 Å². The fraction of sp³-hybridized carbons (Fsp3) is 0.895. The number of Topliss-reactive ketones (excluding diaryl/α,β-unsaturated/α-hetero) is 1. The monoisotopic (exact) mass is 355 g/mol. The van der Waals surface area contributed by atoms with E-state index in [2.05, 4.69) is 6.92 Å². The molecule has 6 atom stereocenters. The van der Waals surface area contributed by atoms with Crippen LogP contribution in [0.2, 0.25) is 0 Å². The lowest BCUT2D eigenvalue weighted by molar-refractivity contribution is -0.206. The Morgan fingerprint density at radius 3 is 2.48 bits per heavy atom. The number of aliphatic hydroxyl groups is 1. The summed E-state index contributed by atoms with van der Waals surface area (Å²) in [6.07, 6.45) is -0.864. The molecule has 2 fully saturated rings. The summed E-state index contributed by atoms with van der Waals surface area (Å²) in [6.45, 7) is 12.6. The highest BCUT2D eigenvalue weighted by Crippen LogP contribution is 2.55. The zero-order chi connectivity index (χ0) is 19.4. The van der Waals surface area contributed by atoms with Crippen LogP contribution in [0.25, 0.3) is 0 Å². The molecule has 2 aliphatic rings. The summed E-state index contributed by atoms with van der Waals surface area (Å²) in [7, 11) is 0. The van der Waals surface area contributed by atoms with E-state index >= 15 is 0 Å². The Morgan fingerprint density at radius 2 is 2.04 bits per heavy atom. The predicted molar refractivity (Wildman–Crippen MR) is 93.8 cm³/mol. The molecule has 0 aromatic heterocycles. The molecule has 2 rings (SSSR count). The van der Waals surface area contributed by atoms with E-state index in [0.717, 1.165) is 0 Å². The molecule has 6 unspecified atom stereocenters. The molecule has 0 aromatic carbocycles. The van der Waals surface area contributed by atoms with Crippen LogP contribution in [0, 0.1) is 17.3 Å². The number of carbonyl (C=O) groups excluding carboxylic acids is 2. The van der Waals surface area contributed by atoms with Gasteiger partial charge in [-0.2, -0.15) is 0 Å². The third-order valence-electron chi connectivity index (χ3n) is 6.43. The van der Waals surface area contributed by atoms with Crippen LogP contribution in [0.15, 0.2) is 0 Å². The minimum atomic E-state index is -1.27. The second-order valence-corrected chi connectivity index (χ2v) is 8.93. The third-order valence-corrected chi connectivity index (χ3v) is 6.43. The zero-order valence-electron chi connectivity index (χ0n) is 16.5. The summed E-state index contributed by atoms with van der Waals surface area (Å²) in [5.41, 5.74) is 3.93. The Hall–Kier alpha value is -0.980. The first-order valence-electron chi connectivity index (χ1n) is 9.15. The number of ketones is 1. The Kier molecular flexibility index (Phi) is 5.14. The summed E-state index contributed by atoms with van der Waals surface area (Å²) in [4.78, 5) is 24.6. The van der Waals surface area contributed by atoms with Crippen LogP contribution < -0.4 is 5.73 Å². The van der Waals surface area contributed by atoms with Gasteiger partial charge in [-0.3, -0.25) is 9.59 Å². The van der Waals surface area contributed by atoms with Crippen LogP contribution in [0.1, 0.15) is 61.3 Å². The molecule has 1 aliphatic carbocycles. The van der Waals surface area contributed by atoms with Gasteiger partial charge in [-0.1, -0.05) is 27.7 Å². The molecule has 0 amide bonds. The molecule has 0 radical (unpaired) electrons. The van der Waals surface area contributed by atoms with Crippen molar-refractivity contribution in [1.29, 1.82) is 0 Å². The topological polar surface area (TPSA) is 98.9 Å². The first-order chi connectivity index (χ1) is 11.3. The predicted octanol–water partition coefficient (Wildman–Crippen LogP) is 1.82. The molecule has 6 heteroatoms. The average molecular weight is 355 g/mol. The van der Waals surface area contributed by atoms with E-state index in [-0.39, 0.29) is 23.0 Å². The standard InChI is InChI=1S/C19H33NO5/c1-8-19(20)15(22)14-13(17(19,4)5)10(2)9-12(25-14)16(18(6,7)23)24-11(3)21/h10,12-14,16,23H,8-9,20H2,1-7H3. The summed E-state index contributed by atoms with van der Waals surface area (Å²) < 4.78 is 11.5. The molecule has 1 aliphatic heterocycles. The largest absolute Gasteiger partial charge is 0.457 e. The van der Waals surface area contributed by atoms with Gasteiger partial charge in [0.05, 0.1) is 17.2 Å². The van der Waals surface area contributed by atoms with Gasteiger partial charge in [-0.15, -0.1) is 0 Å². The normalized spacial score (nSPS) is 39.0. The fourth-order valence-corrected chi connectivity index (χ4v) is 5.00. The van der Waals surface area contributed by atoms with Crippen molar-refractivity contribution >= 4 is 11.8 Å². The van der Waals surface area contributed by atoms with E-state index < -0.39 is 35.4 Å². The maximum atomic E-state index is 13.1. The van der Waals surface area contributed by atoms with Crippen molar-refractivity contribution in [3.8, 4) is 0 Å². The smallest absolute Gasteiger partial charge is 0.303 e. The van der Waals surface area contributed by atoms with Gasteiger partial charge in [-0.05, 0) is 38.0 Å². The minimum Gasteiger partial charge on any atom is -0.457 e. The van der Waals surface area contributed by atoms with Gasteiger partial charge >= 0.3 is 5.97 Å². The minimum absolute atomic E-state index is 0.000910. The number of carbonyl (C=O) groups is 2. The Bertz CT molecular complexity index is 553. The quantitative estimate of drug-likeness (QED) is 0.746. The fourth-order valence-electron chi connectivity index (χ4n) is 5.00. The third kappa shape index (κ3) is 3.13. The van der Waals surface area contributed by atoms with Crippen LogP contribution >= 0.6 is 0 Å². The number of fused-ring (bicyclic) bond motifs is 1. The number of rotatable bonds is 4. The second-order valence-electron chi connectivity index (χ2n) is 8.93. The maximum Gasteiger partial charge on any atom is 0.303 e. The van der Waals surface area contributed by atoms with Gasteiger partial charge in [0.2, 0.25) is 0 Å². The van der Waals surface area contributed by atoms with Crippen molar-refractivity contribution in [2.24, 2.45) is 23.0 Å². The van der Waals surface area contributed by atoms with Gasteiger partial charge in [0.15, 0.2) is 11.9 Å². The summed E-state index contributed by atoms with van der Waals surface area (Å²) in [5, 5.41) is 10.5. The number of hydrogen-bond acceptors (Lipinski definition) is 6. The van der Waals surface area contributed by atoms with Crippen molar-refractivity contribution < 1.29 is 24.2 Å². The summed E-state index contributed by atoms with van der Waals surface area (Å²) >= 11 is 0. The van der Waals surface area contributed by atoms with Crippen molar-refractivity contribution in [3.63, 3.8) is 0 Å². The highest BCUT2D eigenvalue weighted by molar-refractivity contribution is 5.96. The van der Waals surface area contributed by atoms with Crippen LogP contribution in [0.3, 0.4) is 0 Å². The van der Waals surface area contributed by atoms with Gasteiger partial charge in [0.25, 0.3) is 0 Å². The first kappa shape index (κ1) is 20.3. The van der Waals surface area contributed by atoms with Gasteiger partial charge in [0.1, 0.15) is 6.10 Å². The number of ether oxygens (including phenoxy) is 2. The highest BCUT2D eigenvalue weighted by Gasteiger charge is 2.66. The Balaban J connectivity index is 2.37. The van der Waals surface area contributed by atoms with E-state index in [1.54, 1.807) is 13.8 Å². The van der Waals surface area contributed by atoms with Gasteiger partial charge in [0, 0.05) is 12.8 Å². The summed E-state index contributed by atoms with van der Waals surface area (Å²) in [6, 6.07) is 0. The molecule has 1 saturated carbocycles. The van der Waals surface area contributed by atoms with Gasteiger partial charge < -0.3 is 20.3 Å². The average Bonchev–Trinajstić information content (AvgIpc) is 2.62. The van der Waals surface area contributed by atoms with Crippen molar-refractivity contribution in [2.45, 2.75) is 90.8 Å². The van der Waals surface area contributed by atoms with E-state index in [9.17, 15) is 14.7 Å². The van der Waals surface area contributed by atoms with Crippen molar-refractivity contribution in [2.75, 3.05) is 0 Å². The summed E-state index contributed by atoms with van der Waals surface area (Å²) in [5.74, 6) is -0.412. The molecule has 0 aromatic rings. The lowest BCUT2D eigenvalue weighted by atomic mass is 9.64. The molecular weight excluding hydrogens is 322 g/mol. The first-order valence-corrected chi connectivity index (χ1v) is 9.15. The number of hydrogen-bond donors (Lipinski definition) is 2. The van der Waals surface area contributed by atoms with Crippen LogP contribution in [0.5, 0.6) is 0 Å². The Morgan fingerprint density at radius 1 is 1.48 bits per heavy atom. The Labute approximate surface area is 150 Å². The molecule has 1 saturated heterocycles. The van der Waals surface area contributed by atoms with E-state index in [4.69, 9.17) is 15.2 Å². The molecule has 144 valence electrons. The molecular formula is C19H33NO5. The molecule has 0 bridgehead atoms. The van der Waals surface area contributed by atoms with E-state index in [1.165, 1.54) is 6.92 Å².